The summed E-state index contributed by atoms with van der Waals surface area (Å²) >= 11 is 1.47. The molecule has 1 unspecified atom stereocenters. The number of phenolic OH excluding ortho intramolecular Hbond substituents is 2. The van der Waals surface area contributed by atoms with E-state index in [0.29, 0.717) is 10.7 Å². The van der Waals surface area contributed by atoms with Crippen LogP contribution in [0.5, 0.6) is 11.5 Å². The number of aromatic nitrogens is 2. The molecule has 0 radical (unpaired) electrons. The van der Waals surface area contributed by atoms with E-state index in [-0.39, 0.29) is 17.5 Å². The molecule has 0 amide bonds. The zero-order chi connectivity index (χ0) is 13.1. The van der Waals surface area contributed by atoms with E-state index in [1.807, 2.05) is 13.8 Å². The van der Waals surface area contributed by atoms with Crippen LogP contribution in [0.1, 0.15) is 30.5 Å². The Morgan fingerprint density at radius 1 is 1.28 bits per heavy atom. The van der Waals surface area contributed by atoms with E-state index < -0.39 is 0 Å². The second kappa shape index (κ2) is 5.22. The normalized spacial score (nSPS) is 12.3. The van der Waals surface area contributed by atoms with Crippen LogP contribution in [0.3, 0.4) is 0 Å². The monoisotopic (exact) mass is 265 g/mol. The highest BCUT2D eigenvalue weighted by Gasteiger charge is 2.16. The zero-order valence-electron chi connectivity index (χ0n) is 10.2. The first-order valence-electron chi connectivity index (χ1n) is 5.71. The van der Waals surface area contributed by atoms with Gasteiger partial charge in [-0.2, -0.15) is 0 Å². The molecule has 5 nitrogen and oxygen atoms in total. The Kier molecular flexibility index (Phi) is 3.66. The first kappa shape index (κ1) is 12.6. The van der Waals surface area contributed by atoms with Crippen LogP contribution in [0.25, 0.3) is 0 Å². The molecule has 1 heterocycles. The first-order valence-corrected chi connectivity index (χ1v) is 6.53. The van der Waals surface area contributed by atoms with E-state index in [0.717, 1.165) is 11.4 Å². The summed E-state index contributed by atoms with van der Waals surface area (Å²) in [7, 11) is 0. The summed E-state index contributed by atoms with van der Waals surface area (Å²) in [6.45, 7) is 3.87. The summed E-state index contributed by atoms with van der Waals surface area (Å²) in [4.78, 5) is 0. The summed E-state index contributed by atoms with van der Waals surface area (Å²) in [5, 5.41) is 32.3. The SMILES string of the molecule is CCc1nnc(NC(C)c2c(O)cccc2O)s1. The minimum absolute atomic E-state index is 0.0650. The van der Waals surface area contributed by atoms with Crippen LogP contribution in [0.4, 0.5) is 5.13 Å². The van der Waals surface area contributed by atoms with Crippen LogP contribution in [0.2, 0.25) is 0 Å². The maximum Gasteiger partial charge on any atom is 0.206 e. The van der Waals surface area contributed by atoms with Gasteiger partial charge in [-0.3, -0.25) is 0 Å². The summed E-state index contributed by atoms with van der Waals surface area (Å²) in [5.74, 6) is 0.130. The standard InChI is InChI=1S/C12H15N3O2S/c1-3-10-14-15-12(18-10)13-7(2)11-8(16)5-4-6-9(11)17/h4-7,16-17H,3H2,1-2H3,(H,13,15). The van der Waals surface area contributed by atoms with E-state index in [2.05, 4.69) is 15.5 Å². The van der Waals surface area contributed by atoms with Crippen molar-refractivity contribution in [3.8, 4) is 11.5 Å². The molecule has 0 fully saturated rings. The molecular formula is C12H15N3O2S. The Labute approximate surface area is 109 Å². The third-order valence-electron chi connectivity index (χ3n) is 2.60. The lowest BCUT2D eigenvalue weighted by Crippen LogP contribution is -2.06. The van der Waals surface area contributed by atoms with Gasteiger partial charge in [0, 0.05) is 0 Å². The quantitative estimate of drug-likeness (QED) is 0.792. The second-order valence-corrected chi connectivity index (χ2v) is 4.99. The Bertz CT molecular complexity index is 522. The third-order valence-corrected chi connectivity index (χ3v) is 3.60. The van der Waals surface area contributed by atoms with Gasteiger partial charge < -0.3 is 15.5 Å². The van der Waals surface area contributed by atoms with Crippen molar-refractivity contribution in [1.82, 2.24) is 10.2 Å². The van der Waals surface area contributed by atoms with Crippen molar-refractivity contribution >= 4 is 16.5 Å². The molecule has 1 aromatic heterocycles. The zero-order valence-corrected chi connectivity index (χ0v) is 11.0. The lowest BCUT2D eigenvalue weighted by Gasteiger charge is -2.15. The van der Waals surface area contributed by atoms with Gasteiger partial charge in [-0.05, 0) is 25.5 Å². The molecule has 0 aliphatic rings. The van der Waals surface area contributed by atoms with E-state index >= 15 is 0 Å². The summed E-state index contributed by atoms with van der Waals surface area (Å²) in [6.07, 6.45) is 0.843. The van der Waals surface area contributed by atoms with Gasteiger partial charge in [0.05, 0.1) is 11.6 Å². The van der Waals surface area contributed by atoms with Crippen LogP contribution in [0.15, 0.2) is 18.2 Å². The number of anilines is 1. The molecule has 1 atom stereocenters. The molecule has 1 aromatic carbocycles. The number of hydrogen-bond donors (Lipinski definition) is 3. The molecule has 6 heteroatoms. The largest absolute Gasteiger partial charge is 0.507 e. The maximum atomic E-state index is 9.76. The van der Waals surface area contributed by atoms with Gasteiger partial charge in [-0.15, -0.1) is 10.2 Å². The van der Waals surface area contributed by atoms with E-state index in [1.165, 1.54) is 11.3 Å². The summed E-state index contributed by atoms with van der Waals surface area (Å²) in [6, 6.07) is 4.44. The van der Waals surface area contributed by atoms with Crippen molar-refractivity contribution in [2.75, 3.05) is 5.32 Å². The molecule has 0 aliphatic carbocycles. The average Bonchev–Trinajstić information content (AvgIpc) is 2.76. The molecule has 0 saturated carbocycles. The van der Waals surface area contributed by atoms with Gasteiger partial charge in [-0.25, -0.2) is 0 Å². The molecule has 3 N–H and O–H groups in total. The van der Waals surface area contributed by atoms with E-state index in [4.69, 9.17) is 0 Å². The lowest BCUT2D eigenvalue weighted by atomic mass is 10.1. The van der Waals surface area contributed by atoms with Gasteiger partial charge in [0.25, 0.3) is 0 Å². The molecule has 2 rings (SSSR count). The van der Waals surface area contributed by atoms with Crippen LogP contribution >= 0.6 is 11.3 Å². The summed E-state index contributed by atoms with van der Waals surface area (Å²) in [5.41, 5.74) is 0.464. The number of phenols is 2. The minimum Gasteiger partial charge on any atom is -0.507 e. The van der Waals surface area contributed by atoms with Crippen LogP contribution in [0, 0.1) is 0 Å². The van der Waals surface area contributed by atoms with Gasteiger partial charge in [0.1, 0.15) is 16.5 Å². The average molecular weight is 265 g/mol. The van der Waals surface area contributed by atoms with Gasteiger partial charge in [0.15, 0.2) is 0 Å². The highest BCUT2D eigenvalue weighted by Crippen LogP contribution is 2.34. The highest BCUT2D eigenvalue weighted by atomic mass is 32.1. The van der Waals surface area contributed by atoms with Crippen LogP contribution < -0.4 is 5.32 Å². The van der Waals surface area contributed by atoms with E-state index in [1.54, 1.807) is 18.2 Å². The Balaban J connectivity index is 2.19. The fourth-order valence-electron chi connectivity index (χ4n) is 1.70. The molecule has 18 heavy (non-hydrogen) atoms. The van der Waals surface area contributed by atoms with E-state index in [9.17, 15) is 10.2 Å². The molecular weight excluding hydrogens is 250 g/mol. The third kappa shape index (κ3) is 2.53. The lowest BCUT2D eigenvalue weighted by molar-refractivity contribution is 0.434. The molecule has 0 aliphatic heterocycles. The van der Waals surface area contributed by atoms with Gasteiger partial charge >= 0.3 is 0 Å². The smallest absolute Gasteiger partial charge is 0.206 e. The fraction of sp³-hybridized carbons (Fsp3) is 0.333. The Morgan fingerprint density at radius 2 is 1.94 bits per heavy atom. The second-order valence-electron chi connectivity index (χ2n) is 3.93. The van der Waals surface area contributed by atoms with Gasteiger partial charge in [-0.1, -0.05) is 24.3 Å². The van der Waals surface area contributed by atoms with Crippen molar-refractivity contribution in [1.29, 1.82) is 0 Å². The molecule has 0 saturated heterocycles. The number of hydrogen-bond acceptors (Lipinski definition) is 6. The van der Waals surface area contributed by atoms with Crippen molar-refractivity contribution < 1.29 is 10.2 Å². The molecule has 96 valence electrons. The van der Waals surface area contributed by atoms with Crippen LogP contribution in [-0.4, -0.2) is 20.4 Å². The Hall–Kier alpha value is -1.82. The molecule has 0 spiro atoms. The molecule has 0 bridgehead atoms. The maximum absolute atomic E-state index is 9.76. The van der Waals surface area contributed by atoms with Crippen molar-refractivity contribution in [2.45, 2.75) is 26.3 Å². The molecule has 2 aromatic rings. The number of aryl methyl sites for hydroxylation is 1. The predicted molar refractivity (Wildman–Crippen MR) is 71.1 cm³/mol. The topological polar surface area (TPSA) is 78.3 Å². The fourth-order valence-corrected chi connectivity index (χ4v) is 2.46. The van der Waals surface area contributed by atoms with Crippen molar-refractivity contribution in [3.63, 3.8) is 0 Å². The Morgan fingerprint density at radius 3 is 2.50 bits per heavy atom. The number of benzene rings is 1. The number of nitrogens with one attached hydrogen (secondary N) is 1. The first-order chi connectivity index (χ1) is 8.61. The van der Waals surface area contributed by atoms with Gasteiger partial charge in [0.2, 0.25) is 5.13 Å². The summed E-state index contributed by atoms with van der Waals surface area (Å²) < 4.78 is 0. The van der Waals surface area contributed by atoms with Crippen molar-refractivity contribution in [2.24, 2.45) is 0 Å². The van der Waals surface area contributed by atoms with Crippen LogP contribution in [-0.2, 0) is 6.42 Å². The number of nitrogens with zero attached hydrogens (tertiary/aromatic N) is 2. The predicted octanol–water partition coefficient (Wildman–Crippen LogP) is 2.68. The van der Waals surface area contributed by atoms with Crippen molar-refractivity contribution in [3.05, 3.63) is 28.8 Å². The minimum atomic E-state index is -0.246. The highest BCUT2D eigenvalue weighted by molar-refractivity contribution is 7.15. The number of rotatable bonds is 4. The number of aromatic hydroxyl groups is 2.